The summed E-state index contributed by atoms with van der Waals surface area (Å²) in [6.45, 7) is 1.65. The summed E-state index contributed by atoms with van der Waals surface area (Å²) < 4.78 is 0. The van der Waals surface area contributed by atoms with Gasteiger partial charge in [0.2, 0.25) is 0 Å². The zero-order chi connectivity index (χ0) is 12.3. The molecular weight excluding hydrogens is 228 g/mol. The van der Waals surface area contributed by atoms with Crippen molar-refractivity contribution in [2.75, 3.05) is 5.75 Å². The summed E-state index contributed by atoms with van der Waals surface area (Å²) in [4.78, 5) is 10.8. The minimum atomic E-state index is -1.04. The number of hydrogen-bond acceptors (Lipinski definition) is 4. The van der Waals surface area contributed by atoms with Gasteiger partial charge in [-0.15, -0.1) is 0 Å². The van der Waals surface area contributed by atoms with E-state index in [1.807, 2.05) is 0 Å². The van der Waals surface area contributed by atoms with E-state index in [0.29, 0.717) is 11.1 Å². The zero-order valence-corrected chi connectivity index (χ0v) is 9.69. The molecule has 0 aromatic heterocycles. The van der Waals surface area contributed by atoms with Crippen LogP contribution in [0.4, 0.5) is 0 Å². The van der Waals surface area contributed by atoms with Crippen LogP contribution in [0.3, 0.4) is 0 Å². The highest BCUT2D eigenvalue weighted by Crippen LogP contribution is 2.20. The highest BCUT2D eigenvalue weighted by molar-refractivity contribution is 7.80. The van der Waals surface area contributed by atoms with Gasteiger partial charge >= 0.3 is 5.97 Å². The Labute approximate surface area is 99.0 Å². The molecule has 0 aliphatic rings. The minimum absolute atomic E-state index is 0.140. The van der Waals surface area contributed by atoms with E-state index in [2.05, 4.69) is 12.6 Å². The number of carbonyl (C=O) groups is 1. The van der Waals surface area contributed by atoms with Gasteiger partial charge in [0.25, 0.3) is 0 Å². The third-order valence-electron chi connectivity index (χ3n) is 2.37. The van der Waals surface area contributed by atoms with Crippen molar-refractivity contribution in [3.63, 3.8) is 0 Å². The Morgan fingerprint density at radius 2 is 2.06 bits per heavy atom. The summed E-state index contributed by atoms with van der Waals surface area (Å²) in [6, 6.07) is 4.47. The molecule has 2 unspecified atom stereocenters. The monoisotopic (exact) mass is 242 g/mol. The highest BCUT2D eigenvalue weighted by atomic mass is 32.1. The Balaban J connectivity index is 3.01. The van der Waals surface area contributed by atoms with Gasteiger partial charge in [-0.05, 0) is 24.1 Å². The molecule has 0 spiro atoms. The second-order valence-corrected chi connectivity index (χ2v) is 3.94. The van der Waals surface area contributed by atoms with E-state index in [1.165, 1.54) is 12.1 Å². The predicted octanol–water partition coefficient (Wildman–Crippen LogP) is 1.02. The first kappa shape index (κ1) is 13.0. The van der Waals surface area contributed by atoms with Crippen LogP contribution in [-0.2, 0) is 0 Å². The molecule has 5 heteroatoms. The molecule has 1 rings (SSSR count). The van der Waals surface area contributed by atoms with Crippen LogP contribution < -0.4 is 0 Å². The van der Waals surface area contributed by atoms with Crippen molar-refractivity contribution in [2.45, 2.75) is 19.1 Å². The third kappa shape index (κ3) is 2.75. The van der Waals surface area contributed by atoms with Crippen molar-refractivity contribution < 1.29 is 20.1 Å². The smallest absolute Gasteiger partial charge is 0.335 e. The standard InChI is InChI=1S/C11H14O4S/c1-6-4-7(10(13)9(12)5-16)2-3-8(6)11(14)15/h2-4,9-10,12-13,16H,5H2,1H3,(H,14,15). The number of aliphatic hydroxyl groups is 2. The average molecular weight is 242 g/mol. The Hall–Kier alpha value is -1.04. The number of aromatic carboxylic acids is 1. The van der Waals surface area contributed by atoms with E-state index < -0.39 is 18.2 Å². The lowest BCUT2D eigenvalue weighted by molar-refractivity contribution is 0.0337. The lowest BCUT2D eigenvalue weighted by Crippen LogP contribution is -2.20. The quantitative estimate of drug-likeness (QED) is 0.594. The maximum absolute atomic E-state index is 10.8. The first-order chi connectivity index (χ1) is 7.47. The van der Waals surface area contributed by atoms with Crippen LogP contribution in [0.5, 0.6) is 0 Å². The van der Waals surface area contributed by atoms with Gasteiger partial charge in [-0.1, -0.05) is 12.1 Å². The number of hydrogen-bond donors (Lipinski definition) is 4. The molecular formula is C11H14O4S. The van der Waals surface area contributed by atoms with Gasteiger partial charge in [-0.25, -0.2) is 4.79 Å². The van der Waals surface area contributed by atoms with Gasteiger partial charge < -0.3 is 15.3 Å². The topological polar surface area (TPSA) is 77.8 Å². The summed E-state index contributed by atoms with van der Waals surface area (Å²) in [5, 5.41) is 27.9. The van der Waals surface area contributed by atoms with Crippen molar-refractivity contribution >= 4 is 18.6 Å². The van der Waals surface area contributed by atoms with Gasteiger partial charge in [0.05, 0.1) is 11.7 Å². The fourth-order valence-corrected chi connectivity index (χ4v) is 1.63. The Morgan fingerprint density at radius 3 is 2.50 bits per heavy atom. The molecule has 0 saturated carbocycles. The number of carboxylic acids is 1. The number of rotatable bonds is 4. The molecule has 1 aromatic carbocycles. The second kappa shape index (κ2) is 5.34. The number of aliphatic hydroxyl groups excluding tert-OH is 2. The number of benzene rings is 1. The summed E-state index contributed by atoms with van der Waals surface area (Å²) in [5.74, 6) is -0.866. The van der Waals surface area contributed by atoms with Gasteiger partial charge in [0.15, 0.2) is 0 Å². The number of carboxylic acid groups (broad SMARTS) is 1. The van der Waals surface area contributed by atoms with Crippen molar-refractivity contribution in [1.82, 2.24) is 0 Å². The Morgan fingerprint density at radius 1 is 1.44 bits per heavy atom. The summed E-state index contributed by atoms with van der Waals surface area (Å²) in [5.41, 5.74) is 1.23. The molecule has 3 N–H and O–H groups in total. The van der Waals surface area contributed by atoms with Crippen LogP contribution in [0, 0.1) is 6.92 Å². The van der Waals surface area contributed by atoms with E-state index in [-0.39, 0.29) is 11.3 Å². The fraction of sp³-hybridized carbons (Fsp3) is 0.364. The van der Waals surface area contributed by atoms with E-state index in [9.17, 15) is 15.0 Å². The molecule has 4 nitrogen and oxygen atoms in total. The SMILES string of the molecule is Cc1cc(C(O)C(O)CS)ccc1C(=O)O. The van der Waals surface area contributed by atoms with Crippen LogP contribution >= 0.6 is 12.6 Å². The van der Waals surface area contributed by atoms with Crippen molar-refractivity contribution in [2.24, 2.45) is 0 Å². The van der Waals surface area contributed by atoms with Crippen molar-refractivity contribution in [1.29, 1.82) is 0 Å². The highest BCUT2D eigenvalue weighted by Gasteiger charge is 2.18. The lowest BCUT2D eigenvalue weighted by atomic mass is 9.99. The van der Waals surface area contributed by atoms with Gasteiger partial charge in [-0.2, -0.15) is 12.6 Å². The average Bonchev–Trinajstić information content (AvgIpc) is 2.26. The van der Waals surface area contributed by atoms with E-state index >= 15 is 0 Å². The van der Waals surface area contributed by atoms with Crippen LogP contribution in [0.2, 0.25) is 0 Å². The van der Waals surface area contributed by atoms with Crippen LogP contribution in [0.15, 0.2) is 18.2 Å². The first-order valence-corrected chi connectivity index (χ1v) is 5.41. The fourth-order valence-electron chi connectivity index (χ4n) is 1.43. The molecule has 0 heterocycles. The molecule has 0 fully saturated rings. The van der Waals surface area contributed by atoms with Gasteiger partial charge in [0.1, 0.15) is 6.10 Å². The van der Waals surface area contributed by atoms with E-state index in [0.717, 1.165) is 0 Å². The molecule has 0 saturated heterocycles. The van der Waals surface area contributed by atoms with Crippen LogP contribution in [-0.4, -0.2) is 33.1 Å². The molecule has 88 valence electrons. The van der Waals surface area contributed by atoms with Crippen molar-refractivity contribution in [3.8, 4) is 0 Å². The largest absolute Gasteiger partial charge is 0.478 e. The summed E-state index contributed by atoms with van der Waals surface area (Å²) >= 11 is 3.88. The van der Waals surface area contributed by atoms with Gasteiger partial charge in [0, 0.05) is 5.75 Å². The number of aryl methyl sites for hydroxylation is 1. The van der Waals surface area contributed by atoms with Crippen LogP contribution in [0.25, 0.3) is 0 Å². The van der Waals surface area contributed by atoms with Gasteiger partial charge in [-0.3, -0.25) is 0 Å². The van der Waals surface area contributed by atoms with E-state index in [4.69, 9.17) is 5.11 Å². The molecule has 2 atom stereocenters. The number of thiol groups is 1. The summed E-state index contributed by atoms with van der Waals surface area (Å²) in [6.07, 6.45) is -2.00. The molecule has 0 aliphatic carbocycles. The third-order valence-corrected chi connectivity index (χ3v) is 2.75. The maximum Gasteiger partial charge on any atom is 0.335 e. The molecule has 0 amide bonds. The zero-order valence-electron chi connectivity index (χ0n) is 8.79. The normalized spacial score (nSPS) is 14.5. The lowest BCUT2D eigenvalue weighted by Gasteiger charge is -2.17. The van der Waals surface area contributed by atoms with E-state index in [1.54, 1.807) is 13.0 Å². The van der Waals surface area contributed by atoms with Crippen LogP contribution in [0.1, 0.15) is 27.6 Å². The first-order valence-electron chi connectivity index (χ1n) is 4.78. The molecule has 0 aliphatic heterocycles. The molecule has 0 radical (unpaired) electrons. The Bertz CT molecular complexity index is 392. The molecule has 16 heavy (non-hydrogen) atoms. The molecule has 0 bridgehead atoms. The minimum Gasteiger partial charge on any atom is -0.478 e. The molecule has 1 aromatic rings. The second-order valence-electron chi connectivity index (χ2n) is 3.57. The van der Waals surface area contributed by atoms with Crippen molar-refractivity contribution in [3.05, 3.63) is 34.9 Å². The maximum atomic E-state index is 10.8. The Kier molecular flexibility index (Phi) is 4.35. The summed E-state index contributed by atoms with van der Waals surface area (Å²) in [7, 11) is 0. The predicted molar refractivity (Wildman–Crippen MR) is 63.0 cm³/mol.